The Labute approximate surface area is 99.5 Å². The summed E-state index contributed by atoms with van der Waals surface area (Å²) in [5.41, 5.74) is 2.01. The van der Waals surface area contributed by atoms with E-state index in [1.165, 1.54) is 0 Å². The molecule has 0 radical (unpaired) electrons. The van der Waals surface area contributed by atoms with Crippen LogP contribution in [0.5, 0.6) is 0 Å². The van der Waals surface area contributed by atoms with Crippen molar-refractivity contribution in [2.45, 2.75) is 25.9 Å². The van der Waals surface area contributed by atoms with Crippen molar-refractivity contribution in [2.24, 2.45) is 5.92 Å². The first-order valence-corrected chi connectivity index (χ1v) is 5.96. The molecule has 1 aliphatic rings. The van der Waals surface area contributed by atoms with E-state index in [2.05, 4.69) is 15.4 Å². The zero-order valence-corrected chi connectivity index (χ0v) is 9.80. The summed E-state index contributed by atoms with van der Waals surface area (Å²) in [6.45, 7) is 2.86. The molecule has 2 N–H and O–H groups in total. The molecule has 0 bridgehead atoms. The van der Waals surface area contributed by atoms with Gasteiger partial charge in [0.2, 0.25) is 5.95 Å². The van der Waals surface area contributed by atoms with Gasteiger partial charge in [-0.05, 0) is 37.3 Å². The van der Waals surface area contributed by atoms with Gasteiger partial charge in [0.1, 0.15) is 0 Å². The average molecular weight is 232 g/mol. The van der Waals surface area contributed by atoms with Gasteiger partial charge in [-0.15, -0.1) is 5.10 Å². The summed E-state index contributed by atoms with van der Waals surface area (Å²) in [5, 5.41) is 16.8. The van der Waals surface area contributed by atoms with E-state index in [-0.39, 0.29) is 6.10 Å². The Kier molecular flexibility index (Phi) is 2.48. The first-order chi connectivity index (χ1) is 8.22. The van der Waals surface area contributed by atoms with Gasteiger partial charge in [-0.3, -0.25) is 0 Å². The predicted octanol–water partition coefficient (Wildman–Crippen LogP) is 1.22. The Hall–Kier alpha value is -1.62. The molecule has 2 aromatic rings. The van der Waals surface area contributed by atoms with Crippen LogP contribution in [-0.2, 0) is 0 Å². The van der Waals surface area contributed by atoms with Crippen LogP contribution in [0.3, 0.4) is 0 Å². The molecular weight excluding hydrogens is 216 g/mol. The van der Waals surface area contributed by atoms with Gasteiger partial charge in [0, 0.05) is 12.7 Å². The van der Waals surface area contributed by atoms with E-state index in [4.69, 9.17) is 0 Å². The molecule has 0 aromatic carbocycles. The Morgan fingerprint density at radius 3 is 3.06 bits per heavy atom. The number of aryl methyl sites for hydroxylation is 1. The minimum absolute atomic E-state index is 0.0990. The maximum atomic E-state index is 9.20. The average Bonchev–Trinajstić information content (AvgIpc) is 2.67. The molecule has 2 heterocycles. The van der Waals surface area contributed by atoms with Crippen molar-refractivity contribution < 1.29 is 5.11 Å². The first-order valence-electron chi connectivity index (χ1n) is 5.96. The number of fused-ring (bicyclic) bond motifs is 1. The SMILES string of the molecule is Cc1cccn2nc(NCC3CC(O)C3)nc12. The minimum Gasteiger partial charge on any atom is -0.393 e. The van der Waals surface area contributed by atoms with Crippen LogP contribution in [0.1, 0.15) is 18.4 Å². The quantitative estimate of drug-likeness (QED) is 0.835. The summed E-state index contributed by atoms with van der Waals surface area (Å²) < 4.78 is 1.79. The number of hydrogen-bond acceptors (Lipinski definition) is 4. The lowest BCUT2D eigenvalue weighted by atomic mass is 9.82. The molecule has 1 aliphatic carbocycles. The number of aromatic nitrogens is 3. The number of nitrogens with one attached hydrogen (secondary N) is 1. The fourth-order valence-corrected chi connectivity index (χ4v) is 2.22. The molecule has 0 spiro atoms. The molecule has 5 heteroatoms. The molecule has 0 saturated heterocycles. The fraction of sp³-hybridized carbons (Fsp3) is 0.500. The summed E-state index contributed by atoms with van der Waals surface area (Å²) >= 11 is 0. The van der Waals surface area contributed by atoms with Gasteiger partial charge in [-0.25, -0.2) is 4.52 Å². The molecule has 90 valence electrons. The standard InChI is InChI=1S/C12H16N4O/c1-8-3-2-4-16-11(8)14-12(15-16)13-7-9-5-10(17)6-9/h2-4,9-10,17H,5-7H2,1H3,(H,13,15). The van der Waals surface area contributed by atoms with Crippen molar-refractivity contribution in [3.63, 3.8) is 0 Å². The summed E-state index contributed by atoms with van der Waals surface area (Å²) in [6.07, 6.45) is 3.57. The third-order valence-corrected chi connectivity index (χ3v) is 3.32. The fourth-order valence-electron chi connectivity index (χ4n) is 2.22. The smallest absolute Gasteiger partial charge is 0.243 e. The van der Waals surface area contributed by atoms with E-state index in [1.807, 2.05) is 25.3 Å². The number of hydrogen-bond donors (Lipinski definition) is 2. The van der Waals surface area contributed by atoms with E-state index in [9.17, 15) is 5.11 Å². The molecule has 1 saturated carbocycles. The Morgan fingerprint density at radius 1 is 1.53 bits per heavy atom. The van der Waals surface area contributed by atoms with E-state index in [0.29, 0.717) is 11.9 Å². The number of pyridine rings is 1. The third-order valence-electron chi connectivity index (χ3n) is 3.32. The van der Waals surface area contributed by atoms with Gasteiger partial charge in [-0.2, -0.15) is 4.98 Å². The van der Waals surface area contributed by atoms with Crippen LogP contribution >= 0.6 is 0 Å². The van der Waals surface area contributed by atoms with Gasteiger partial charge < -0.3 is 10.4 Å². The molecule has 0 atom stereocenters. The molecule has 5 nitrogen and oxygen atoms in total. The van der Waals surface area contributed by atoms with Crippen molar-refractivity contribution in [1.82, 2.24) is 14.6 Å². The Balaban J connectivity index is 1.71. The van der Waals surface area contributed by atoms with Gasteiger partial charge in [0.05, 0.1) is 6.10 Å². The zero-order valence-electron chi connectivity index (χ0n) is 9.80. The number of rotatable bonds is 3. The second kappa shape index (κ2) is 4.00. The maximum absolute atomic E-state index is 9.20. The van der Waals surface area contributed by atoms with Gasteiger partial charge >= 0.3 is 0 Å². The second-order valence-corrected chi connectivity index (χ2v) is 4.77. The van der Waals surface area contributed by atoms with Gasteiger partial charge in [-0.1, -0.05) is 6.07 Å². The lowest BCUT2D eigenvalue weighted by molar-refractivity contribution is 0.0486. The van der Waals surface area contributed by atoms with Crippen LogP contribution in [0, 0.1) is 12.8 Å². The van der Waals surface area contributed by atoms with Crippen LogP contribution in [0.2, 0.25) is 0 Å². The van der Waals surface area contributed by atoms with Crippen molar-refractivity contribution >= 4 is 11.6 Å². The highest BCUT2D eigenvalue weighted by Gasteiger charge is 2.26. The number of nitrogens with zero attached hydrogens (tertiary/aromatic N) is 3. The van der Waals surface area contributed by atoms with Gasteiger partial charge in [0.25, 0.3) is 0 Å². The largest absolute Gasteiger partial charge is 0.393 e. The predicted molar refractivity (Wildman–Crippen MR) is 64.9 cm³/mol. The number of aliphatic hydroxyl groups is 1. The molecular formula is C12H16N4O. The molecule has 1 fully saturated rings. The van der Waals surface area contributed by atoms with E-state index >= 15 is 0 Å². The Morgan fingerprint density at radius 2 is 2.35 bits per heavy atom. The number of anilines is 1. The topological polar surface area (TPSA) is 62.5 Å². The minimum atomic E-state index is -0.0990. The first kappa shape index (κ1) is 10.5. The van der Waals surface area contributed by atoms with Crippen LogP contribution in [0.15, 0.2) is 18.3 Å². The van der Waals surface area contributed by atoms with Crippen LogP contribution in [0.25, 0.3) is 5.65 Å². The normalized spacial score (nSPS) is 23.6. The highest BCUT2D eigenvalue weighted by atomic mass is 16.3. The molecule has 2 aromatic heterocycles. The summed E-state index contributed by atoms with van der Waals surface area (Å²) in [7, 11) is 0. The highest BCUT2D eigenvalue weighted by Crippen LogP contribution is 2.26. The molecule has 0 aliphatic heterocycles. The van der Waals surface area contributed by atoms with Crippen molar-refractivity contribution in [1.29, 1.82) is 0 Å². The summed E-state index contributed by atoms with van der Waals surface area (Å²) in [6, 6.07) is 3.99. The monoisotopic (exact) mass is 232 g/mol. The van der Waals surface area contributed by atoms with Crippen LogP contribution in [0.4, 0.5) is 5.95 Å². The maximum Gasteiger partial charge on any atom is 0.243 e. The molecule has 3 rings (SSSR count). The van der Waals surface area contributed by atoms with E-state index < -0.39 is 0 Å². The molecule has 17 heavy (non-hydrogen) atoms. The van der Waals surface area contributed by atoms with Crippen LogP contribution in [-0.4, -0.2) is 32.4 Å². The van der Waals surface area contributed by atoms with Gasteiger partial charge in [0.15, 0.2) is 5.65 Å². The Bertz CT molecular complexity index is 530. The lowest BCUT2D eigenvalue weighted by Crippen LogP contribution is -2.33. The van der Waals surface area contributed by atoms with E-state index in [1.54, 1.807) is 4.52 Å². The third kappa shape index (κ3) is 1.98. The van der Waals surface area contributed by atoms with Crippen molar-refractivity contribution in [3.8, 4) is 0 Å². The molecule has 0 unspecified atom stereocenters. The number of aliphatic hydroxyl groups excluding tert-OH is 1. The summed E-state index contributed by atoms with van der Waals surface area (Å²) in [5.74, 6) is 1.22. The van der Waals surface area contributed by atoms with Crippen LogP contribution < -0.4 is 5.32 Å². The molecule has 0 amide bonds. The summed E-state index contributed by atoms with van der Waals surface area (Å²) in [4.78, 5) is 4.44. The van der Waals surface area contributed by atoms with E-state index in [0.717, 1.165) is 30.6 Å². The highest BCUT2D eigenvalue weighted by molar-refractivity contribution is 5.49. The van der Waals surface area contributed by atoms with Crippen molar-refractivity contribution in [3.05, 3.63) is 23.9 Å². The second-order valence-electron chi connectivity index (χ2n) is 4.77. The zero-order chi connectivity index (χ0) is 11.8. The van der Waals surface area contributed by atoms with Crippen molar-refractivity contribution in [2.75, 3.05) is 11.9 Å². The lowest BCUT2D eigenvalue weighted by Gasteiger charge is -2.31.